The van der Waals surface area contributed by atoms with Crippen LogP contribution in [0.25, 0.3) is 0 Å². The Morgan fingerprint density at radius 1 is 1.10 bits per heavy atom. The van der Waals surface area contributed by atoms with Crippen molar-refractivity contribution in [1.29, 1.82) is 0 Å². The Labute approximate surface area is 178 Å². The molecule has 1 aliphatic carbocycles. The average molecular weight is 411 g/mol. The Morgan fingerprint density at radius 2 is 1.83 bits per heavy atom. The molecule has 1 N–H and O–H groups in total. The molecule has 0 heterocycles. The van der Waals surface area contributed by atoms with E-state index in [1.165, 1.54) is 12.8 Å². The Balaban J connectivity index is 1.75. The van der Waals surface area contributed by atoms with Crippen LogP contribution in [0.15, 0.2) is 42.5 Å². The van der Waals surface area contributed by atoms with E-state index < -0.39 is 0 Å². The van der Waals surface area contributed by atoms with Gasteiger partial charge in [-0.2, -0.15) is 0 Å². The van der Waals surface area contributed by atoms with Gasteiger partial charge in [0.15, 0.2) is 11.5 Å². The van der Waals surface area contributed by atoms with Gasteiger partial charge in [-0.05, 0) is 62.4 Å². The third kappa shape index (κ3) is 5.32. The SMILES string of the molecule is CCN(Cc1ccccc1NC(=O)c1ccc(OC2CCCC2)c(OC)c1)C(C)=O. The van der Waals surface area contributed by atoms with Gasteiger partial charge in [-0.1, -0.05) is 18.2 Å². The summed E-state index contributed by atoms with van der Waals surface area (Å²) in [5, 5.41) is 2.97. The fraction of sp³-hybridized carbons (Fsp3) is 0.417. The highest BCUT2D eigenvalue weighted by Crippen LogP contribution is 2.32. The van der Waals surface area contributed by atoms with E-state index in [1.54, 1.807) is 37.1 Å². The van der Waals surface area contributed by atoms with Gasteiger partial charge in [-0.3, -0.25) is 9.59 Å². The molecule has 0 aliphatic heterocycles. The first kappa shape index (κ1) is 21.7. The van der Waals surface area contributed by atoms with E-state index in [2.05, 4.69) is 5.32 Å². The lowest BCUT2D eigenvalue weighted by molar-refractivity contribution is -0.129. The first-order valence-corrected chi connectivity index (χ1v) is 10.5. The van der Waals surface area contributed by atoms with Crippen LogP contribution in [-0.2, 0) is 11.3 Å². The highest BCUT2D eigenvalue weighted by atomic mass is 16.5. The van der Waals surface area contributed by atoms with Gasteiger partial charge in [0.2, 0.25) is 5.91 Å². The average Bonchev–Trinajstić information content (AvgIpc) is 3.26. The normalized spacial score (nSPS) is 13.7. The minimum Gasteiger partial charge on any atom is -0.493 e. The molecule has 6 nitrogen and oxygen atoms in total. The van der Waals surface area contributed by atoms with Gasteiger partial charge >= 0.3 is 0 Å². The maximum absolute atomic E-state index is 12.9. The fourth-order valence-corrected chi connectivity index (χ4v) is 3.72. The van der Waals surface area contributed by atoms with Crippen LogP contribution in [0.2, 0.25) is 0 Å². The van der Waals surface area contributed by atoms with Crippen molar-refractivity contribution < 1.29 is 19.1 Å². The molecule has 6 heteroatoms. The number of carbonyl (C=O) groups is 2. The largest absolute Gasteiger partial charge is 0.493 e. The van der Waals surface area contributed by atoms with Crippen LogP contribution >= 0.6 is 0 Å². The Morgan fingerprint density at radius 3 is 2.50 bits per heavy atom. The summed E-state index contributed by atoms with van der Waals surface area (Å²) in [6, 6.07) is 12.8. The molecule has 0 atom stereocenters. The molecular weight excluding hydrogens is 380 g/mol. The monoisotopic (exact) mass is 410 g/mol. The molecule has 0 bridgehead atoms. The van der Waals surface area contributed by atoms with Crippen molar-refractivity contribution in [2.75, 3.05) is 19.0 Å². The summed E-state index contributed by atoms with van der Waals surface area (Å²) in [6.07, 6.45) is 4.69. The first-order valence-electron chi connectivity index (χ1n) is 10.5. The van der Waals surface area contributed by atoms with Gasteiger partial charge in [0.25, 0.3) is 5.91 Å². The van der Waals surface area contributed by atoms with E-state index in [1.807, 2.05) is 31.2 Å². The van der Waals surface area contributed by atoms with Crippen LogP contribution < -0.4 is 14.8 Å². The number of nitrogens with zero attached hydrogens (tertiary/aromatic N) is 1. The van der Waals surface area contributed by atoms with E-state index in [0.717, 1.165) is 18.4 Å². The molecule has 0 spiro atoms. The second-order valence-corrected chi connectivity index (χ2v) is 7.53. The molecule has 0 aromatic heterocycles. The number of hydrogen-bond donors (Lipinski definition) is 1. The van der Waals surface area contributed by atoms with E-state index in [9.17, 15) is 9.59 Å². The number of rotatable bonds is 8. The number of carbonyl (C=O) groups excluding carboxylic acids is 2. The fourth-order valence-electron chi connectivity index (χ4n) is 3.72. The van der Waals surface area contributed by atoms with Crippen molar-refractivity contribution in [1.82, 2.24) is 4.90 Å². The Hall–Kier alpha value is -3.02. The summed E-state index contributed by atoms with van der Waals surface area (Å²) < 4.78 is 11.5. The number of methoxy groups -OCH3 is 1. The van der Waals surface area contributed by atoms with Gasteiger partial charge in [-0.25, -0.2) is 0 Å². The van der Waals surface area contributed by atoms with Crippen molar-refractivity contribution in [2.45, 2.75) is 52.2 Å². The predicted octanol–water partition coefficient (Wildman–Crippen LogP) is 4.64. The lowest BCUT2D eigenvalue weighted by Crippen LogP contribution is -2.28. The highest BCUT2D eigenvalue weighted by Gasteiger charge is 2.20. The molecule has 2 aromatic carbocycles. The lowest BCUT2D eigenvalue weighted by atomic mass is 10.1. The van der Waals surface area contributed by atoms with Crippen molar-refractivity contribution in [3.05, 3.63) is 53.6 Å². The molecule has 2 aromatic rings. The third-order valence-corrected chi connectivity index (χ3v) is 5.48. The predicted molar refractivity (Wildman–Crippen MR) is 117 cm³/mol. The van der Waals surface area contributed by atoms with Crippen LogP contribution in [0.4, 0.5) is 5.69 Å². The molecule has 1 fully saturated rings. The molecule has 0 radical (unpaired) electrons. The van der Waals surface area contributed by atoms with Gasteiger partial charge in [0.1, 0.15) is 0 Å². The number of benzene rings is 2. The molecule has 1 aliphatic rings. The molecule has 2 amide bonds. The van der Waals surface area contributed by atoms with Crippen LogP contribution in [0.5, 0.6) is 11.5 Å². The van der Waals surface area contributed by atoms with Crippen molar-refractivity contribution in [2.24, 2.45) is 0 Å². The smallest absolute Gasteiger partial charge is 0.255 e. The van der Waals surface area contributed by atoms with Crippen molar-refractivity contribution in [3.63, 3.8) is 0 Å². The number of amides is 2. The van der Waals surface area contributed by atoms with Crippen molar-refractivity contribution >= 4 is 17.5 Å². The quantitative estimate of drug-likeness (QED) is 0.689. The maximum atomic E-state index is 12.9. The molecule has 160 valence electrons. The summed E-state index contributed by atoms with van der Waals surface area (Å²) >= 11 is 0. The third-order valence-electron chi connectivity index (χ3n) is 5.48. The first-order chi connectivity index (χ1) is 14.5. The van der Waals surface area contributed by atoms with Gasteiger partial charge in [0, 0.05) is 31.3 Å². The van der Waals surface area contributed by atoms with E-state index in [0.29, 0.717) is 35.8 Å². The minimum atomic E-state index is -0.237. The maximum Gasteiger partial charge on any atom is 0.255 e. The summed E-state index contributed by atoms with van der Waals surface area (Å²) in [7, 11) is 1.58. The molecule has 0 saturated heterocycles. The van der Waals surface area contributed by atoms with Gasteiger partial charge in [0.05, 0.1) is 13.2 Å². The molecule has 0 unspecified atom stereocenters. The minimum absolute atomic E-state index is 0.00113. The van der Waals surface area contributed by atoms with E-state index >= 15 is 0 Å². The van der Waals surface area contributed by atoms with Crippen LogP contribution in [-0.4, -0.2) is 36.5 Å². The second kappa shape index (κ2) is 10.1. The second-order valence-electron chi connectivity index (χ2n) is 7.53. The molecule has 30 heavy (non-hydrogen) atoms. The van der Waals surface area contributed by atoms with E-state index in [4.69, 9.17) is 9.47 Å². The Bertz CT molecular complexity index is 891. The zero-order chi connectivity index (χ0) is 21.5. The topological polar surface area (TPSA) is 67.9 Å². The van der Waals surface area contributed by atoms with E-state index in [-0.39, 0.29) is 17.9 Å². The summed E-state index contributed by atoms with van der Waals surface area (Å²) in [6.45, 7) is 4.54. The van der Waals surface area contributed by atoms with Crippen LogP contribution in [0.3, 0.4) is 0 Å². The molecular formula is C24H30N2O4. The lowest BCUT2D eigenvalue weighted by Gasteiger charge is -2.21. The summed E-state index contributed by atoms with van der Waals surface area (Å²) in [5.41, 5.74) is 2.06. The summed E-state index contributed by atoms with van der Waals surface area (Å²) in [4.78, 5) is 26.4. The zero-order valence-electron chi connectivity index (χ0n) is 17.9. The number of nitrogens with one attached hydrogen (secondary N) is 1. The zero-order valence-corrected chi connectivity index (χ0v) is 17.9. The van der Waals surface area contributed by atoms with Crippen molar-refractivity contribution in [3.8, 4) is 11.5 Å². The Kier molecular flexibility index (Phi) is 7.33. The van der Waals surface area contributed by atoms with Gasteiger partial charge < -0.3 is 19.7 Å². The van der Waals surface area contributed by atoms with Gasteiger partial charge in [-0.15, -0.1) is 0 Å². The molecule has 3 rings (SSSR count). The molecule has 1 saturated carbocycles. The number of hydrogen-bond acceptors (Lipinski definition) is 4. The number of para-hydroxylation sites is 1. The number of ether oxygens (including phenoxy) is 2. The van der Waals surface area contributed by atoms with Crippen LogP contribution in [0.1, 0.15) is 55.5 Å². The standard InChI is InChI=1S/C24H30N2O4/c1-4-26(17(2)27)16-19-9-5-8-12-21(19)25-24(28)18-13-14-22(23(15-18)29-3)30-20-10-6-7-11-20/h5,8-9,12-15,20H,4,6-7,10-11,16H2,1-3H3,(H,25,28). The number of anilines is 1. The summed E-state index contributed by atoms with van der Waals surface area (Å²) in [5.74, 6) is 0.984. The highest BCUT2D eigenvalue weighted by molar-refractivity contribution is 6.05. The van der Waals surface area contributed by atoms with Crippen LogP contribution in [0, 0.1) is 0 Å².